The molecule has 0 fully saturated rings. The van der Waals surface area contributed by atoms with Gasteiger partial charge in [-0.15, -0.1) is 11.3 Å². The summed E-state index contributed by atoms with van der Waals surface area (Å²) in [5.74, 6) is 1.12. The van der Waals surface area contributed by atoms with Gasteiger partial charge < -0.3 is 14.8 Å². The molecule has 3 heterocycles. The maximum atomic E-state index is 12.7. The molecule has 1 atom stereocenters. The fourth-order valence-electron chi connectivity index (χ4n) is 2.87. The molecule has 7 nitrogen and oxygen atoms in total. The molecule has 4 rings (SSSR count). The smallest absolute Gasteiger partial charge is 0.272 e. The van der Waals surface area contributed by atoms with Crippen molar-refractivity contribution < 1.29 is 14.3 Å². The van der Waals surface area contributed by atoms with E-state index in [9.17, 15) is 9.59 Å². The number of benzene rings is 1. The minimum absolute atomic E-state index is 0.0653. The minimum atomic E-state index is -0.436. The molecule has 0 saturated carbocycles. The molecule has 0 spiro atoms. The predicted molar refractivity (Wildman–Crippen MR) is 111 cm³/mol. The van der Waals surface area contributed by atoms with Crippen LogP contribution in [0.3, 0.4) is 0 Å². The lowest BCUT2D eigenvalue weighted by Crippen LogP contribution is -2.26. The highest BCUT2D eigenvalue weighted by Crippen LogP contribution is 2.33. The topological polar surface area (TPSA) is 82.5 Å². The van der Waals surface area contributed by atoms with E-state index in [1.807, 2.05) is 18.4 Å². The molecule has 0 aliphatic carbocycles. The fraction of sp³-hybridized carbons (Fsp3) is 0.316. The van der Waals surface area contributed by atoms with Gasteiger partial charge >= 0.3 is 0 Å². The van der Waals surface area contributed by atoms with E-state index >= 15 is 0 Å². The Balaban J connectivity index is 1.52. The molecule has 1 aliphatic heterocycles. The summed E-state index contributed by atoms with van der Waals surface area (Å²) in [5, 5.41) is 4.85. The van der Waals surface area contributed by atoms with E-state index in [-0.39, 0.29) is 11.5 Å². The number of thioether (sulfide) groups is 1. The number of carbonyl (C=O) groups is 1. The summed E-state index contributed by atoms with van der Waals surface area (Å²) in [6, 6.07) is 7.13. The first-order valence-corrected chi connectivity index (χ1v) is 10.7. The zero-order chi connectivity index (χ0) is 19.7. The largest absolute Gasteiger partial charge is 0.486 e. The number of nitrogens with zero attached hydrogens (tertiary/aromatic N) is 2. The van der Waals surface area contributed by atoms with E-state index in [0.29, 0.717) is 52.3 Å². The molecule has 1 aliphatic rings. The van der Waals surface area contributed by atoms with Gasteiger partial charge in [0.1, 0.15) is 17.9 Å². The molecular formula is C19H19N3O4S2. The van der Waals surface area contributed by atoms with Crippen LogP contribution in [-0.2, 0) is 11.3 Å². The maximum absolute atomic E-state index is 12.7. The number of thiophene rings is 1. The summed E-state index contributed by atoms with van der Waals surface area (Å²) >= 11 is 2.66. The van der Waals surface area contributed by atoms with E-state index in [2.05, 4.69) is 10.3 Å². The standard InChI is InChI=1S/C19H19N3O4S2/c1-3-22-18(24)16-13(6-9-27-16)21-19(22)28-11(2)17(23)20-12-4-5-14-15(10-12)26-8-7-25-14/h4-6,9-11H,3,7-8H2,1-2H3,(H,20,23). The van der Waals surface area contributed by atoms with Crippen LogP contribution in [0.2, 0.25) is 0 Å². The molecule has 1 aromatic carbocycles. The number of rotatable bonds is 5. The highest BCUT2D eigenvalue weighted by atomic mass is 32.2. The van der Waals surface area contributed by atoms with Crippen LogP contribution in [0, 0.1) is 0 Å². The molecule has 146 valence electrons. The van der Waals surface area contributed by atoms with Crippen LogP contribution in [0.1, 0.15) is 13.8 Å². The maximum Gasteiger partial charge on any atom is 0.272 e. The Kier molecular flexibility index (Phi) is 5.27. The van der Waals surface area contributed by atoms with Crippen molar-refractivity contribution in [3.8, 4) is 11.5 Å². The molecule has 1 unspecified atom stereocenters. The number of ether oxygens (including phenoxy) is 2. The van der Waals surface area contributed by atoms with Gasteiger partial charge in [0.25, 0.3) is 5.56 Å². The number of aromatic nitrogens is 2. The second kappa shape index (κ2) is 7.84. The lowest BCUT2D eigenvalue weighted by atomic mass is 10.2. The monoisotopic (exact) mass is 417 g/mol. The van der Waals surface area contributed by atoms with Crippen molar-refractivity contribution in [2.75, 3.05) is 18.5 Å². The van der Waals surface area contributed by atoms with E-state index in [1.165, 1.54) is 23.1 Å². The first-order chi connectivity index (χ1) is 13.6. The van der Waals surface area contributed by atoms with Crippen LogP contribution in [0.5, 0.6) is 11.5 Å². The number of hydrogen-bond donors (Lipinski definition) is 1. The normalized spacial score (nSPS) is 14.1. The summed E-state index contributed by atoms with van der Waals surface area (Å²) in [5.41, 5.74) is 1.24. The van der Waals surface area contributed by atoms with Crippen LogP contribution in [0.25, 0.3) is 10.2 Å². The van der Waals surface area contributed by atoms with Gasteiger partial charge in [-0.2, -0.15) is 0 Å². The molecular weight excluding hydrogens is 398 g/mol. The third-order valence-electron chi connectivity index (χ3n) is 4.31. The Morgan fingerprint density at radius 3 is 2.89 bits per heavy atom. The van der Waals surface area contributed by atoms with Crippen LogP contribution in [-0.4, -0.2) is 33.9 Å². The minimum Gasteiger partial charge on any atom is -0.486 e. The molecule has 28 heavy (non-hydrogen) atoms. The number of carbonyl (C=O) groups excluding carboxylic acids is 1. The van der Waals surface area contributed by atoms with Crippen molar-refractivity contribution in [2.45, 2.75) is 30.8 Å². The third kappa shape index (κ3) is 3.59. The second-order valence-corrected chi connectivity index (χ2v) is 8.41. The summed E-state index contributed by atoms with van der Waals surface area (Å²) in [7, 11) is 0. The molecule has 0 bridgehead atoms. The molecule has 0 saturated heterocycles. The number of anilines is 1. The molecule has 2 aromatic heterocycles. The van der Waals surface area contributed by atoms with Crippen LogP contribution < -0.4 is 20.3 Å². The lowest BCUT2D eigenvalue weighted by molar-refractivity contribution is -0.115. The van der Waals surface area contributed by atoms with E-state index in [1.54, 1.807) is 29.7 Å². The number of fused-ring (bicyclic) bond motifs is 2. The van der Waals surface area contributed by atoms with E-state index in [4.69, 9.17) is 9.47 Å². The summed E-state index contributed by atoms with van der Waals surface area (Å²) in [6.07, 6.45) is 0. The Labute approximate surface area is 169 Å². The van der Waals surface area contributed by atoms with Crippen LogP contribution >= 0.6 is 23.1 Å². The predicted octanol–water partition coefficient (Wildman–Crippen LogP) is 3.37. The average Bonchev–Trinajstić information content (AvgIpc) is 3.17. The molecule has 3 aromatic rings. The molecule has 1 N–H and O–H groups in total. The van der Waals surface area contributed by atoms with Gasteiger partial charge in [-0.05, 0) is 37.4 Å². The van der Waals surface area contributed by atoms with Gasteiger partial charge in [0.15, 0.2) is 16.7 Å². The molecule has 0 radical (unpaired) electrons. The highest BCUT2D eigenvalue weighted by Gasteiger charge is 2.20. The summed E-state index contributed by atoms with van der Waals surface area (Å²) < 4.78 is 13.3. The molecule has 1 amide bonds. The first kappa shape index (κ1) is 18.8. The quantitative estimate of drug-likeness (QED) is 0.506. The molecule has 9 heteroatoms. The number of amides is 1. The van der Waals surface area contributed by atoms with Crippen molar-refractivity contribution in [1.82, 2.24) is 9.55 Å². The zero-order valence-corrected chi connectivity index (χ0v) is 17.1. The van der Waals surface area contributed by atoms with Gasteiger partial charge in [-0.3, -0.25) is 14.2 Å². The van der Waals surface area contributed by atoms with Crippen LogP contribution in [0.15, 0.2) is 39.6 Å². The lowest BCUT2D eigenvalue weighted by Gasteiger charge is -2.19. The van der Waals surface area contributed by atoms with Gasteiger partial charge in [0.05, 0.1) is 10.8 Å². The van der Waals surface area contributed by atoms with Gasteiger partial charge in [0.2, 0.25) is 5.91 Å². The van der Waals surface area contributed by atoms with Crippen molar-refractivity contribution in [2.24, 2.45) is 0 Å². The second-order valence-electron chi connectivity index (χ2n) is 6.19. The van der Waals surface area contributed by atoms with Gasteiger partial charge in [-0.1, -0.05) is 11.8 Å². The fourth-order valence-corrected chi connectivity index (χ4v) is 4.62. The summed E-state index contributed by atoms with van der Waals surface area (Å²) in [6.45, 7) is 5.20. The summed E-state index contributed by atoms with van der Waals surface area (Å²) in [4.78, 5) is 29.9. The van der Waals surface area contributed by atoms with E-state index < -0.39 is 5.25 Å². The Hall–Kier alpha value is -2.52. The van der Waals surface area contributed by atoms with Gasteiger partial charge in [-0.25, -0.2) is 4.98 Å². The number of nitrogens with one attached hydrogen (secondary N) is 1. The number of hydrogen-bond acceptors (Lipinski definition) is 7. The van der Waals surface area contributed by atoms with E-state index in [0.717, 1.165) is 0 Å². The van der Waals surface area contributed by atoms with Crippen molar-refractivity contribution in [3.63, 3.8) is 0 Å². The first-order valence-electron chi connectivity index (χ1n) is 8.92. The van der Waals surface area contributed by atoms with Crippen molar-refractivity contribution >= 4 is 44.9 Å². The zero-order valence-electron chi connectivity index (χ0n) is 15.4. The third-order valence-corrected chi connectivity index (χ3v) is 6.29. The van der Waals surface area contributed by atoms with Gasteiger partial charge in [0, 0.05) is 18.3 Å². The highest BCUT2D eigenvalue weighted by molar-refractivity contribution is 8.00. The Morgan fingerprint density at radius 1 is 1.32 bits per heavy atom. The van der Waals surface area contributed by atoms with Crippen molar-refractivity contribution in [1.29, 1.82) is 0 Å². The van der Waals surface area contributed by atoms with Crippen LogP contribution in [0.4, 0.5) is 5.69 Å². The SMILES string of the molecule is CCn1c(SC(C)C(=O)Nc2ccc3c(c2)OCCO3)nc2ccsc2c1=O. The Bertz CT molecular complexity index is 1090. The Morgan fingerprint density at radius 2 is 2.11 bits per heavy atom. The van der Waals surface area contributed by atoms with Crippen molar-refractivity contribution in [3.05, 3.63) is 40.0 Å². The average molecular weight is 418 g/mol.